The maximum atomic E-state index is 12.1. The van der Waals surface area contributed by atoms with Crippen molar-refractivity contribution >= 4 is 11.9 Å². The molecular formula is C14H25NO3. The van der Waals surface area contributed by atoms with Crippen LogP contribution in [0.3, 0.4) is 0 Å². The number of carbonyl (C=O) groups is 2. The van der Waals surface area contributed by atoms with E-state index in [4.69, 9.17) is 5.11 Å². The zero-order chi connectivity index (χ0) is 13.5. The van der Waals surface area contributed by atoms with E-state index in [1.165, 1.54) is 32.6 Å². The second-order valence-corrected chi connectivity index (χ2v) is 5.44. The summed E-state index contributed by atoms with van der Waals surface area (Å²) in [5, 5.41) is 11.4. The van der Waals surface area contributed by atoms with E-state index in [1.807, 2.05) is 0 Å². The van der Waals surface area contributed by atoms with Gasteiger partial charge in [-0.1, -0.05) is 39.0 Å². The number of nitrogens with one attached hydrogen (secondary N) is 1. The predicted molar refractivity (Wildman–Crippen MR) is 70.2 cm³/mol. The highest BCUT2D eigenvalue weighted by atomic mass is 16.4. The van der Waals surface area contributed by atoms with Crippen LogP contribution in [0.5, 0.6) is 0 Å². The van der Waals surface area contributed by atoms with Gasteiger partial charge in [0.2, 0.25) is 5.91 Å². The van der Waals surface area contributed by atoms with Gasteiger partial charge in [0, 0.05) is 5.92 Å². The molecule has 0 aliphatic heterocycles. The Morgan fingerprint density at radius 2 is 1.94 bits per heavy atom. The number of carboxylic acid groups (broad SMARTS) is 1. The first-order chi connectivity index (χ1) is 8.54. The van der Waals surface area contributed by atoms with E-state index in [2.05, 4.69) is 12.2 Å². The fourth-order valence-corrected chi connectivity index (χ4v) is 2.75. The van der Waals surface area contributed by atoms with Gasteiger partial charge in [-0.05, 0) is 25.7 Å². The summed E-state index contributed by atoms with van der Waals surface area (Å²) >= 11 is 0. The van der Waals surface area contributed by atoms with E-state index in [9.17, 15) is 9.59 Å². The summed E-state index contributed by atoms with van der Waals surface area (Å²) in [6.07, 6.45) is 7.74. The van der Waals surface area contributed by atoms with E-state index in [1.54, 1.807) is 0 Å². The van der Waals surface area contributed by atoms with Gasteiger partial charge in [-0.2, -0.15) is 0 Å². The van der Waals surface area contributed by atoms with Crippen LogP contribution in [0, 0.1) is 11.8 Å². The van der Waals surface area contributed by atoms with Gasteiger partial charge in [-0.15, -0.1) is 0 Å². The average molecular weight is 255 g/mol. The molecule has 1 unspecified atom stereocenters. The Morgan fingerprint density at radius 3 is 2.44 bits per heavy atom. The molecule has 0 spiro atoms. The SMILES string of the molecule is CCCC(CC1CCCC1)C(=O)N[C@@H](C)C(=O)O. The van der Waals surface area contributed by atoms with Crippen molar-refractivity contribution in [1.29, 1.82) is 0 Å². The highest BCUT2D eigenvalue weighted by Crippen LogP contribution is 2.31. The van der Waals surface area contributed by atoms with Crippen LogP contribution in [-0.2, 0) is 9.59 Å². The van der Waals surface area contributed by atoms with Crippen molar-refractivity contribution in [3.8, 4) is 0 Å². The average Bonchev–Trinajstić information content (AvgIpc) is 2.81. The minimum atomic E-state index is -0.973. The van der Waals surface area contributed by atoms with Crippen LogP contribution in [0.2, 0.25) is 0 Å². The first-order valence-electron chi connectivity index (χ1n) is 7.07. The summed E-state index contributed by atoms with van der Waals surface area (Å²) in [6, 6.07) is -0.791. The summed E-state index contributed by atoms with van der Waals surface area (Å²) in [5.41, 5.74) is 0. The number of aliphatic carboxylic acids is 1. The number of carbonyl (C=O) groups excluding carboxylic acids is 1. The van der Waals surface area contributed by atoms with Crippen LogP contribution in [0.4, 0.5) is 0 Å². The third-order valence-electron chi connectivity index (χ3n) is 3.83. The quantitative estimate of drug-likeness (QED) is 0.734. The minimum absolute atomic E-state index is 0.0140. The maximum absolute atomic E-state index is 12.1. The summed E-state index contributed by atoms with van der Waals surface area (Å²) < 4.78 is 0. The van der Waals surface area contributed by atoms with Crippen LogP contribution in [-0.4, -0.2) is 23.0 Å². The predicted octanol–water partition coefficient (Wildman–Crippen LogP) is 2.57. The van der Waals surface area contributed by atoms with Crippen molar-refractivity contribution < 1.29 is 14.7 Å². The fourth-order valence-electron chi connectivity index (χ4n) is 2.75. The zero-order valence-corrected chi connectivity index (χ0v) is 11.4. The highest BCUT2D eigenvalue weighted by Gasteiger charge is 2.26. The Bertz CT molecular complexity index is 285. The van der Waals surface area contributed by atoms with Gasteiger partial charge >= 0.3 is 5.97 Å². The summed E-state index contributed by atoms with van der Waals surface area (Å²) in [7, 11) is 0. The molecule has 104 valence electrons. The lowest BCUT2D eigenvalue weighted by molar-refractivity contribution is -0.142. The van der Waals surface area contributed by atoms with Crippen LogP contribution in [0.15, 0.2) is 0 Å². The Kier molecular flexibility index (Phi) is 6.16. The molecule has 1 amide bonds. The Hall–Kier alpha value is -1.06. The van der Waals surface area contributed by atoms with Gasteiger partial charge in [-0.25, -0.2) is 0 Å². The molecule has 4 heteroatoms. The van der Waals surface area contributed by atoms with Crippen molar-refractivity contribution in [2.75, 3.05) is 0 Å². The topological polar surface area (TPSA) is 66.4 Å². The van der Waals surface area contributed by atoms with Gasteiger partial charge in [0.05, 0.1) is 0 Å². The van der Waals surface area contributed by atoms with E-state index >= 15 is 0 Å². The second-order valence-electron chi connectivity index (χ2n) is 5.44. The number of hydrogen-bond donors (Lipinski definition) is 2. The molecule has 1 rings (SSSR count). The van der Waals surface area contributed by atoms with Crippen molar-refractivity contribution in [3.63, 3.8) is 0 Å². The molecule has 18 heavy (non-hydrogen) atoms. The van der Waals surface area contributed by atoms with Crippen LogP contribution < -0.4 is 5.32 Å². The molecule has 4 nitrogen and oxygen atoms in total. The standard InChI is InChI=1S/C14H25NO3/c1-3-6-12(9-11-7-4-5-8-11)13(16)15-10(2)14(17)18/h10-12H,3-9H2,1-2H3,(H,15,16)(H,17,18)/t10-,12?/m0/s1. The van der Waals surface area contributed by atoms with Gasteiger partial charge in [0.25, 0.3) is 0 Å². The Labute approximate surface area is 109 Å². The molecular weight excluding hydrogens is 230 g/mol. The molecule has 0 radical (unpaired) electrons. The molecule has 1 aliphatic carbocycles. The van der Waals surface area contributed by atoms with Gasteiger partial charge in [0.1, 0.15) is 6.04 Å². The fraction of sp³-hybridized carbons (Fsp3) is 0.857. The summed E-state index contributed by atoms with van der Waals surface area (Å²) in [4.78, 5) is 22.8. The van der Waals surface area contributed by atoms with Crippen LogP contribution in [0.1, 0.15) is 58.8 Å². The zero-order valence-electron chi connectivity index (χ0n) is 11.4. The number of carboxylic acids is 1. The van der Waals surface area contributed by atoms with E-state index < -0.39 is 12.0 Å². The molecule has 1 saturated carbocycles. The van der Waals surface area contributed by atoms with Crippen molar-refractivity contribution in [1.82, 2.24) is 5.32 Å². The lowest BCUT2D eigenvalue weighted by Crippen LogP contribution is -2.42. The number of rotatable bonds is 7. The maximum Gasteiger partial charge on any atom is 0.325 e. The molecule has 0 bridgehead atoms. The van der Waals surface area contributed by atoms with Gasteiger partial charge in [0.15, 0.2) is 0 Å². The van der Waals surface area contributed by atoms with E-state index in [-0.39, 0.29) is 11.8 Å². The Balaban J connectivity index is 2.48. The third-order valence-corrected chi connectivity index (χ3v) is 3.83. The lowest BCUT2D eigenvalue weighted by Gasteiger charge is -2.21. The van der Waals surface area contributed by atoms with E-state index in [0.717, 1.165) is 19.3 Å². The largest absolute Gasteiger partial charge is 0.480 e. The Morgan fingerprint density at radius 1 is 1.33 bits per heavy atom. The minimum Gasteiger partial charge on any atom is -0.480 e. The van der Waals surface area contributed by atoms with Gasteiger partial charge < -0.3 is 10.4 Å². The third kappa shape index (κ3) is 4.67. The number of amides is 1. The normalized spacial score (nSPS) is 19.4. The summed E-state index contributed by atoms with van der Waals surface area (Å²) in [5.74, 6) is -0.412. The molecule has 1 aliphatic rings. The highest BCUT2D eigenvalue weighted by molar-refractivity contribution is 5.84. The lowest BCUT2D eigenvalue weighted by atomic mass is 9.89. The molecule has 0 aromatic carbocycles. The van der Waals surface area contributed by atoms with E-state index in [0.29, 0.717) is 5.92 Å². The van der Waals surface area contributed by atoms with Gasteiger partial charge in [-0.3, -0.25) is 9.59 Å². The smallest absolute Gasteiger partial charge is 0.325 e. The number of hydrogen-bond acceptors (Lipinski definition) is 2. The van der Waals surface area contributed by atoms with Crippen molar-refractivity contribution in [2.45, 2.75) is 64.8 Å². The second kappa shape index (κ2) is 7.39. The van der Waals surface area contributed by atoms with Crippen LogP contribution in [0.25, 0.3) is 0 Å². The summed E-state index contributed by atoms with van der Waals surface area (Å²) in [6.45, 7) is 3.58. The molecule has 1 fully saturated rings. The molecule has 0 saturated heterocycles. The molecule has 0 aromatic heterocycles. The van der Waals surface area contributed by atoms with Crippen molar-refractivity contribution in [2.24, 2.45) is 11.8 Å². The van der Waals surface area contributed by atoms with Crippen molar-refractivity contribution in [3.05, 3.63) is 0 Å². The first kappa shape index (κ1) is 15.0. The monoisotopic (exact) mass is 255 g/mol. The van der Waals surface area contributed by atoms with Crippen LogP contribution >= 0.6 is 0 Å². The first-order valence-corrected chi connectivity index (χ1v) is 7.07. The molecule has 2 N–H and O–H groups in total. The molecule has 2 atom stereocenters. The molecule has 0 aromatic rings. The molecule has 0 heterocycles.